The average molecular weight is 197 g/mol. The number of ether oxygens (including phenoxy) is 1. The summed E-state index contributed by atoms with van der Waals surface area (Å²) in [7, 11) is 3.77. The summed E-state index contributed by atoms with van der Waals surface area (Å²) in [5, 5.41) is 7.16. The first kappa shape index (κ1) is 11.2. The number of rotatable bonds is 5. The Morgan fingerprint density at radius 1 is 1.57 bits per heavy atom. The summed E-state index contributed by atoms with van der Waals surface area (Å²) in [4.78, 5) is 2.24. The molecule has 4 nitrogen and oxygen atoms in total. The molecular weight excluding hydrogens is 178 g/mol. The summed E-state index contributed by atoms with van der Waals surface area (Å²) in [5.74, 6) is 0. The van der Waals surface area contributed by atoms with Crippen molar-refractivity contribution in [2.75, 3.05) is 14.2 Å². The van der Waals surface area contributed by atoms with Gasteiger partial charge >= 0.3 is 0 Å². The van der Waals surface area contributed by atoms with Crippen LogP contribution in [0.15, 0.2) is 6.07 Å². The Balaban J connectivity index is 2.50. The third-order valence-electron chi connectivity index (χ3n) is 2.28. The van der Waals surface area contributed by atoms with E-state index in [-0.39, 0.29) is 0 Å². The van der Waals surface area contributed by atoms with Gasteiger partial charge in [-0.1, -0.05) is 0 Å². The quantitative estimate of drug-likeness (QED) is 0.775. The molecule has 80 valence electrons. The van der Waals surface area contributed by atoms with Crippen LogP contribution in [-0.4, -0.2) is 35.3 Å². The van der Waals surface area contributed by atoms with E-state index in [1.165, 1.54) is 0 Å². The fourth-order valence-electron chi connectivity index (χ4n) is 1.16. The van der Waals surface area contributed by atoms with Gasteiger partial charge in [0.2, 0.25) is 0 Å². The van der Waals surface area contributed by atoms with Crippen molar-refractivity contribution in [1.82, 2.24) is 15.1 Å². The summed E-state index contributed by atoms with van der Waals surface area (Å²) < 4.78 is 5.01. The van der Waals surface area contributed by atoms with E-state index >= 15 is 0 Å². The number of nitrogens with zero attached hydrogens (tertiary/aromatic N) is 2. The second kappa shape index (κ2) is 5.12. The van der Waals surface area contributed by atoms with Crippen LogP contribution < -0.4 is 0 Å². The Labute approximate surface area is 85.3 Å². The maximum atomic E-state index is 5.01. The molecule has 0 aliphatic carbocycles. The molecular formula is C10H19N3O. The number of aromatic amines is 1. The predicted molar refractivity (Wildman–Crippen MR) is 55.9 cm³/mol. The van der Waals surface area contributed by atoms with Crippen LogP contribution >= 0.6 is 0 Å². The summed E-state index contributed by atoms with van der Waals surface area (Å²) in [6, 6.07) is 2.58. The van der Waals surface area contributed by atoms with Gasteiger partial charge in [0.15, 0.2) is 0 Å². The lowest BCUT2D eigenvalue weighted by molar-refractivity contribution is 0.181. The first-order valence-electron chi connectivity index (χ1n) is 4.85. The second-order valence-electron chi connectivity index (χ2n) is 3.83. The van der Waals surface area contributed by atoms with Crippen LogP contribution in [0.4, 0.5) is 0 Å². The van der Waals surface area contributed by atoms with Gasteiger partial charge in [-0.25, -0.2) is 0 Å². The zero-order chi connectivity index (χ0) is 10.6. The number of hydrogen-bond acceptors (Lipinski definition) is 3. The number of methoxy groups -OCH3 is 1. The molecule has 0 aliphatic rings. The van der Waals surface area contributed by atoms with E-state index in [4.69, 9.17) is 4.74 Å². The van der Waals surface area contributed by atoms with E-state index in [9.17, 15) is 0 Å². The van der Waals surface area contributed by atoms with Crippen LogP contribution in [0, 0.1) is 0 Å². The summed E-state index contributed by atoms with van der Waals surface area (Å²) in [6.07, 6.45) is 0. The van der Waals surface area contributed by atoms with Crippen LogP contribution in [0.5, 0.6) is 0 Å². The highest BCUT2D eigenvalue weighted by Crippen LogP contribution is 2.05. The molecule has 1 heterocycles. The fourth-order valence-corrected chi connectivity index (χ4v) is 1.16. The van der Waals surface area contributed by atoms with Crippen LogP contribution in [0.25, 0.3) is 0 Å². The smallest absolute Gasteiger partial charge is 0.0878 e. The van der Waals surface area contributed by atoms with E-state index in [0.29, 0.717) is 12.6 Å². The summed E-state index contributed by atoms with van der Waals surface area (Å²) >= 11 is 0. The highest BCUT2D eigenvalue weighted by molar-refractivity contribution is 5.07. The van der Waals surface area contributed by atoms with Crippen molar-refractivity contribution in [3.63, 3.8) is 0 Å². The number of hydrogen-bond donors (Lipinski definition) is 1. The Morgan fingerprint density at radius 3 is 2.86 bits per heavy atom. The third-order valence-corrected chi connectivity index (χ3v) is 2.28. The van der Waals surface area contributed by atoms with Crippen LogP contribution in [0.1, 0.15) is 25.2 Å². The molecule has 0 aliphatic heterocycles. The molecule has 0 unspecified atom stereocenters. The van der Waals surface area contributed by atoms with Crippen molar-refractivity contribution in [3.8, 4) is 0 Å². The van der Waals surface area contributed by atoms with Crippen molar-refractivity contribution in [3.05, 3.63) is 17.5 Å². The van der Waals surface area contributed by atoms with E-state index in [1.807, 2.05) is 6.07 Å². The standard InChI is InChI=1S/C10H19N3O/c1-8(2)13(3)6-9-5-10(7-14-4)12-11-9/h5,8H,6-7H2,1-4H3,(H,11,12). The highest BCUT2D eigenvalue weighted by atomic mass is 16.5. The lowest BCUT2D eigenvalue weighted by Gasteiger charge is -2.19. The Hall–Kier alpha value is -0.870. The predicted octanol–water partition coefficient (Wildman–Crippen LogP) is 1.40. The van der Waals surface area contributed by atoms with Gasteiger partial charge in [-0.15, -0.1) is 0 Å². The van der Waals surface area contributed by atoms with E-state index in [0.717, 1.165) is 17.9 Å². The van der Waals surface area contributed by atoms with Crippen LogP contribution in [0.3, 0.4) is 0 Å². The number of aromatic nitrogens is 2. The molecule has 4 heteroatoms. The molecule has 14 heavy (non-hydrogen) atoms. The zero-order valence-corrected chi connectivity index (χ0v) is 9.37. The third kappa shape index (κ3) is 3.12. The minimum atomic E-state index is 0.539. The Kier molecular flexibility index (Phi) is 4.10. The molecule has 0 spiro atoms. The number of H-pyrrole nitrogens is 1. The van der Waals surface area contributed by atoms with Gasteiger partial charge in [0, 0.05) is 19.7 Å². The van der Waals surface area contributed by atoms with Gasteiger partial charge in [0.25, 0.3) is 0 Å². The molecule has 0 bridgehead atoms. The molecule has 0 fully saturated rings. The molecule has 1 rings (SSSR count). The normalized spacial score (nSPS) is 11.6. The van der Waals surface area contributed by atoms with Crippen LogP contribution in [0.2, 0.25) is 0 Å². The second-order valence-corrected chi connectivity index (χ2v) is 3.83. The molecule has 1 aromatic rings. The largest absolute Gasteiger partial charge is 0.378 e. The molecule has 0 atom stereocenters. The van der Waals surface area contributed by atoms with Crippen molar-refractivity contribution in [2.24, 2.45) is 0 Å². The molecule has 1 aromatic heterocycles. The minimum absolute atomic E-state index is 0.539. The van der Waals surface area contributed by atoms with Crippen molar-refractivity contribution >= 4 is 0 Å². The number of nitrogens with one attached hydrogen (secondary N) is 1. The Bertz CT molecular complexity index is 270. The molecule has 0 radical (unpaired) electrons. The molecule has 0 saturated heterocycles. The summed E-state index contributed by atoms with van der Waals surface area (Å²) in [6.45, 7) is 5.81. The zero-order valence-electron chi connectivity index (χ0n) is 9.37. The van der Waals surface area contributed by atoms with Gasteiger partial charge in [-0.2, -0.15) is 5.10 Å². The maximum absolute atomic E-state index is 5.01. The lowest BCUT2D eigenvalue weighted by Crippen LogP contribution is -2.25. The van der Waals surface area contributed by atoms with Crippen molar-refractivity contribution in [1.29, 1.82) is 0 Å². The van der Waals surface area contributed by atoms with Gasteiger partial charge in [-0.3, -0.25) is 10.00 Å². The molecule has 0 amide bonds. The topological polar surface area (TPSA) is 41.1 Å². The fraction of sp³-hybridized carbons (Fsp3) is 0.700. The first-order chi connectivity index (χ1) is 6.63. The van der Waals surface area contributed by atoms with E-state index < -0.39 is 0 Å². The van der Waals surface area contributed by atoms with Crippen LogP contribution in [-0.2, 0) is 17.9 Å². The SMILES string of the molecule is COCc1cc(CN(C)C(C)C)n[nH]1. The minimum Gasteiger partial charge on any atom is -0.378 e. The highest BCUT2D eigenvalue weighted by Gasteiger charge is 2.07. The van der Waals surface area contributed by atoms with E-state index in [1.54, 1.807) is 7.11 Å². The maximum Gasteiger partial charge on any atom is 0.0878 e. The lowest BCUT2D eigenvalue weighted by atomic mass is 10.3. The summed E-state index contributed by atoms with van der Waals surface area (Å²) in [5.41, 5.74) is 2.09. The van der Waals surface area contributed by atoms with Gasteiger partial charge in [0.05, 0.1) is 18.0 Å². The first-order valence-corrected chi connectivity index (χ1v) is 4.85. The van der Waals surface area contributed by atoms with Gasteiger partial charge < -0.3 is 4.74 Å². The van der Waals surface area contributed by atoms with E-state index in [2.05, 4.69) is 36.0 Å². The van der Waals surface area contributed by atoms with Gasteiger partial charge in [-0.05, 0) is 27.0 Å². The van der Waals surface area contributed by atoms with Gasteiger partial charge in [0.1, 0.15) is 0 Å². The monoisotopic (exact) mass is 197 g/mol. The average Bonchev–Trinajstić information content (AvgIpc) is 2.53. The molecule has 0 saturated carbocycles. The molecule has 0 aromatic carbocycles. The van der Waals surface area contributed by atoms with Crippen molar-refractivity contribution < 1.29 is 4.74 Å². The Morgan fingerprint density at radius 2 is 2.29 bits per heavy atom. The van der Waals surface area contributed by atoms with Crippen molar-refractivity contribution in [2.45, 2.75) is 33.0 Å². The molecule has 1 N–H and O–H groups in total.